The van der Waals surface area contributed by atoms with Gasteiger partial charge in [0.25, 0.3) is 0 Å². The summed E-state index contributed by atoms with van der Waals surface area (Å²) < 4.78 is 12.0. The van der Waals surface area contributed by atoms with E-state index in [4.69, 9.17) is 5.50 Å². The van der Waals surface area contributed by atoms with Gasteiger partial charge < -0.3 is 4.57 Å². The van der Waals surface area contributed by atoms with Crippen molar-refractivity contribution in [2.45, 2.75) is 51.9 Å². The fourth-order valence-corrected chi connectivity index (χ4v) is 3.02. The highest BCUT2D eigenvalue weighted by atomic mass is 31.2. The van der Waals surface area contributed by atoms with Gasteiger partial charge in [0.2, 0.25) is 0 Å². The van der Waals surface area contributed by atoms with E-state index in [2.05, 4.69) is 0 Å². The van der Waals surface area contributed by atoms with Crippen LogP contribution in [0.4, 0.5) is 0 Å². The molecule has 2 nitrogen and oxygen atoms in total. The first kappa shape index (κ1) is 11.2. The summed E-state index contributed by atoms with van der Waals surface area (Å²) in [6, 6.07) is 0. The second-order valence-electron chi connectivity index (χ2n) is 5.00. The lowest BCUT2D eigenvalue weighted by molar-refractivity contribution is 0.519. The first-order chi connectivity index (χ1) is 4.50. The van der Waals surface area contributed by atoms with Crippen molar-refractivity contribution in [1.82, 2.24) is 0 Å². The third-order valence-electron chi connectivity index (χ3n) is 1.99. The molecule has 0 unspecified atom stereocenters. The first-order valence-corrected chi connectivity index (χ1v) is 5.66. The van der Waals surface area contributed by atoms with Crippen molar-refractivity contribution in [2.75, 3.05) is 0 Å². The van der Waals surface area contributed by atoms with E-state index in [1.165, 1.54) is 0 Å². The van der Waals surface area contributed by atoms with E-state index < -0.39 is 7.29 Å². The number of rotatable bonds is 0. The maximum atomic E-state index is 12.0. The standard InChI is InChI=1S/C8H20NOP/c1-7(2,3)11(9,10)8(4,5)6/h1-6H3,(H2,9,10). The van der Waals surface area contributed by atoms with Gasteiger partial charge in [0.05, 0.1) is 0 Å². The molecule has 0 saturated heterocycles. The molecule has 3 heteroatoms. The SMILES string of the molecule is CC(C)(C)P(N)(=O)C(C)(C)C. The molecule has 0 heterocycles. The molecule has 68 valence electrons. The Labute approximate surface area is 70.0 Å². The molecule has 0 amide bonds. The summed E-state index contributed by atoms with van der Waals surface area (Å²) in [6.07, 6.45) is 0. The molecule has 0 aliphatic heterocycles. The van der Waals surface area contributed by atoms with E-state index in [9.17, 15) is 4.57 Å². The van der Waals surface area contributed by atoms with Gasteiger partial charge in [-0.2, -0.15) is 0 Å². The molecule has 11 heavy (non-hydrogen) atoms. The highest BCUT2D eigenvalue weighted by molar-refractivity contribution is 7.64. The Kier molecular flexibility index (Phi) is 2.65. The quantitative estimate of drug-likeness (QED) is 0.578. The molecule has 0 rings (SSSR count). The van der Waals surface area contributed by atoms with Crippen LogP contribution in [0.25, 0.3) is 0 Å². The summed E-state index contributed by atoms with van der Waals surface area (Å²) in [5, 5.41) is -0.573. The van der Waals surface area contributed by atoms with Crippen molar-refractivity contribution in [3.8, 4) is 0 Å². The monoisotopic (exact) mass is 177 g/mol. The van der Waals surface area contributed by atoms with Crippen LogP contribution in [-0.2, 0) is 4.57 Å². The van der Waals surface area contributed by atoms with Crippen molar-refractivity contribution >= 4 is 7.29 Å². The lowest BCUT2D eigenvalue weighted by Gasteiger charge is -2.37. The predicted octanol–water partition coefficient (Wildman–Crippen LogP) is 2.82. The fourth-order valence-electron chi connectivity index (χ4n) is 1.01. The van der Waals surface area contributed by atoms with Gasteiger partial charge >= 0.3 is 0 Å². The van der Waals surface area contributed by atoms with Gasteiger partial charge in [-0.25, -0.2) is 0 Å². The van der Waals surface area contributed by atoms with Crippen molar-refractivity contribution in [2.24, 2.45) is 5.50 Å². The maximum absolute atomic E-state index is 12.0. The van der Waals surface area contributed by atoms with E-state index in [0.29, 0.717) is 0 Å². The van der Waals surface area contributed by atoms with Crippen LogP contribution in [0.1, 0.15) is 41.5 Å². The Bertz CT molecular complexity index is 167. The topological polar surface area (TPSA) is 43.1 Å². The average molecular weight is 177 g/mol. The van der Waals surface area contributed by atoms with Gasteiger partial charge in [0.1, 0.15) is 0 Å². The molecule has 0 aromatic carbocycles. The molecule has 0 aliphatic rings. The average Bonchev–Trinajstić information content (AvgIpc) is 1.58. The summed E-state index contributed by atoms with van der Waals surface area (Å²) in [6.45, 7) is 11.6. The normalized spacial score (nSPS) is 15.2. The van der Waals surface area contributed by atoms with E-state index in [0.717, 1.165) is 0 Å². The van der Waals surface area contributed by atoms with Gasteiger partial charge in [-0.1, -0.05) is 41.5 Å². The molecule has 0 aromatic rings. The smallest absolute Gasteiger partial charge is 0.155 e. The minimum Gasteiger partial charge on any atom is -0.306 e. The van der Waals surface area contributed by atoms with Crippen LogP contribution in [0.5, 0.6) is 0 Å². The highest BCUT2D eigenvalue weighted by Gasteiger charge is 2.42. The van der Waals surface area contributed by atoms with Crippen LogP contribution < -0.4 is 5.50 Å². The number of hydrogen-bond donors (Lipinski definition) is 1. The third kappa shape index (κ3) is 2.07. The van der Waals surface area contributed by atoms with Crippen LogP contribution >= 0.6 is 7.29 Å². The zero-order chi connectivity index (χ0) is 9.50. The predicted molar refractivity (Wildman–Crippen MR) is 51.3 cm³/mol. The molecule has 0 fully saturated rings. The largest absolute Gasteiger partial charge is 0.306 e. The van der Waals surface area contributed by atoms with E-state index >= 15 is 0 Å². The van der Waals surface area contributed by atoms with Crippen molar-refractivity contribution in [1.29, 1.82) is 0 Å². The molecule has 0 aliphatic carbocycles. The minimum atomic E-state index is -2.56. The van der Waals surface area contributed by atoms with Crippen LogP contribution in [0, 0.1) is 0 Å². The van der Waals surface area contributed by atoms with Crippen molar-refractivity contribution < 1.29 is 4.57 Å². The summed E-state index contributed by atoms with van der Waals surface area (Å²) in [4.78, 5) is 0. The Morgan fingerprint density at radius 2 is 1.09 bits per heavy atom. The molecule has 2 N–H and O–H groups in total. The zero-order valence-corrected chi connectivity index (χ0v) is 9.33. The molecule has 0 aromatic heterocycles. The Morgan fingerprint density at radius 1 is 0.909 bits per heavy atom. The lowest BCUT2D eigenvalue weighted by Crippen LogP contribution is -2.33. The van der Waals surface area contributed by atoms with Crippen molar-refractivity contribution in [3.63, 3.8) is 0 Å². The van der Waals surface area contributed by atoms with Crippen LogP contribution in [0.3, 0.4) is 0 Å². The van der Waals surface area contributed by atoms with Crippen LogP contribution in [0.15, 0.2) is 0 Å². The zero-order valence-electron chi connectivity index (χ0n) is 8.43. The lowest BCUT2D eigenvalue weighted by atomic mass is 10.2. The van der Waals surface area contributed by atoms with Gasteiger partial charge in [-0.3, -0.25) is 5.50 Å². The molecule has 0 radical (unpaired) electrons. The second kappa shape index (κ2) is 2.60. The summed E-state index contributed by atoms with van der Waals surface area (Å²) >= 11 is 0. The first-order valence-electron chi connectivity index (χ1n) is 3.89. The van der Waals surface area contributed by atoms with E-state index in [-0.39, 0.29) is 10.3 Å². The maximum Gasteiger partial charge on any atom is 0.155 e. The fraction of sp³-hybridized carbons (Fsp3) is 1.00. The summed E-state index contributed by atoms with van der Waals surface area (Å²) in [5.74, 6) is 0. The molecule has 0 bridgehead atoms. The highest BCUT2D eigenvalue weighted by Crippen LogP contribution is 2.60. The Hall–Kier alpha value is 0.190. The van der Waals surface area contributed by atoms with Gasteiger partial charge in [-0.15, -0.1) is 0 Å². The van der Waals surface area contributed by atoms with Gasteiger partial charge in [0.15, 0.2) is 7.29 Å². The van der Waals surface area contributed by atoms with E-state index in [1.807, 2.05) is 41.5 Å². The van der Waals surface area contributed by atoms with Gasteiger partial charge in [0, 0.05) is 10.3 Å². The number of hydrogen-bond acceptors (Lipinski definition) is 1. The second-order valence-corrected chi connectivity index (χ2v) is 9.00. The minimum absolute atomic E-state index is 0.286. The summed E-state index contributed by atoms with van der Waals surface area (Å²) in [5.41, 5.74) is 5.83. The Balaban J connectivity index is 4.92. The molecule has 0 atom stereocenters. The molecular formula is C8H20NOP. The number of nitrogens with two attached hydrogens (primary N) is 1. The molecule has 0 spiro atoms. The van der Waals surface area contributed by atoms with Crippen molar-refractivity contribution in [3.05, 3.63) is 0 Å². The molecule has 0 saturated carbocycles. The van der Waals surface area contributed by atoms with E-state index in [1.54, 1.807) is 0 Å². The third-order valence-corrected chi connectivity index (χ3v) is 5.98. The van der Waals surface area contributed by atoms with Crippen LogP contribution in [0.2, 0.25) is 0 Å². The molecular weight excluding hydrogens is 157 g/mol. The Morgan fingerprint density at radius 3 is 1.09 bits per heavy atom. The van der Waals surface area contributed by atoms with Gasteiger partial charge in [-0.05, 0) is 0 Å². The van der Waals surface area contributed by atoms with Crippen LogP contribution in [-0.4, -0.2) is 10.3 Å². The summed E-state index contributed by atoms with van der Waals surface area (Å²) in [7, 11) is -2.56.